The van der Waals surface area contributed by atoms with Crippen LogP contribution in [0.3, 0.4) is 0 Å². The second kappa shape index (κ2) is 8.78. The molecule has 0 aliphatic rings. The van der Waals surface area contributed by atoms with Crippen LogP contribution in [0.25, 0.3) is 6.08 Å². The van der Waals surface area contributed by atoms with Crippen LogP contribution < -0.4 is 10.1 Å². The van der Waals surface area contributed by atoms with Gasteiger partial charge in [-0.1, -0.05) is 24.0 Å². The summed E-state index contributed by atoms with van der Waals surface area (Å²) in [6.07, 6.45) is 1.67. The molecule has 0 aliphatic carbocycles. The Morgan fingerprint density at radius 2 is 2.05 bits per heavy atom. The van der Waals surface area contributed by atoms with E-state index in [1.165, 1.54) is 0 Å². The number of allylic oxidation sites excluding steroid dienone is 1. The number of benzene rings is 1. The largest absolute Gasteiger partial charge is 0.497 e. The number of amides is 1. The number of methoxy groups -OCH3 is 1. The van der Waals surface area contributed by atoms with Crippen LogP contribution >= 0.6 is 0 Å². The monoisotopic (exact) mass is 302 g/mol. The summed E-state index contributed by atoms with van der Waals surface area (Å²) in [5, 5.41) is 2.62. The van der Waals surface area contributed by atoms with Crippen molar-refractivity contribution in [2.24, 2.45) is 0 Å². The third kappa shape index (κ3) is 8.01. The maximum absolute atomic E-state index is 11.4. The second-order valence-corrected chi connectivity index (χ2v) is 5.54. The summed E-state index contributed by atoms with van der Waals surface area (Å²) in [6.45, 7) is 5.81. The molecule has 1 N–H and O–H groups in total. The van der Waals surface area contributed by atoms with Gasteiger partial charge in [-0.3, -0.25) is 0 Å². The molecule has 22 heavy (non-hydrogen) atoms. The highest BCUT2D eigenvalue weighted by molar-refractivity contribution is 5.67. The maximum atomic E-state index is 11.4. The second-order valence-electron chi connectivity index (χ2n) is 5.54. The number of carbonyl (C=O) groups excluding carboxylic acids is 1. The first kappa shape index (κ1) is 16.0. The molecule has 118 valence electrons. The molecule has 0 aliphatic heterocycles. The first-order chi connectivity index (χ1) is 10.8. The fourth-order valence-corrected chi connectivity index (χ4v) is 1.47. The van der Waals surface area contributed by atoms with Gasteiger partial charge in [-0.25, -0.2) is 4.79 Å². The molecule has 4 heteroatoms. The van der Waals surface area contributed by atoms with Crippen molar-refractivity contribution in [3.8, 4) is 17.6 Å². The van der Waals surface area contributed by atoms with Crippen LogP contribution in [0.15, 0.2) is 30.3 Å². The minimum Gasteiger partial charge on any atom is -0.497 e. The number of alkyl carbamates (subject to hydrolysis) is 1. The van der Waals surface area contributed by atoms with Crippen molar-refractivity contribution in [1.82, 2.24) is 5.32 Å². The van der Waals surface area contributed by atoms with Crippen molar-refractivity contribution < 1.29 is 15.6 Å². The molecule has 1 aromatic rings. The van der Waals surface area contributed by atoms with Gasteiger partial charge < -0.3 is 14.8 Å². The van der Waals surface area contributed by atoms with E-state index >= 15 is 0 Å². The Kier molecular flexibility index (Phi) is 6.38. The molecule has 0 aromatic heterocycles. The Morgan fingerprint density at radius 3 is 2.64 bits per heavy atom. The molecule has 1 aromatic carbocycles. The van der Waals surface area contributed by atoms with Crippen molar-refractivity contribution in [1.29, 1.82) is 0 Å². The molecule has 0 fully saturated rings. The number of carbonyl (C=O) groups is 1. The van der Waals surface area contributed by atoms with E-state index in [1.54, 1.807) is 13.2 Å². The molecule has 0 heterocycles. The van der Waals surface area contributed by atoms with Crippen molar-refractivity contribution >= 4 is 12.2 Å². The first-order valence-corrected chi connectivity index (χ1v) is 7.08. The van der Waals surface area contributed by atoms with Crippen LogP contribution in [-0.4, -0.2) is 25.3 Å². The highest BCUT2D eigenvalue weighted by Gasteiger charge is 2.14. The Morgan fingerprint density at radius 1 is 1.36 bits per heavy atom. The minimum atomic E-state index is -0.509. The van der Waals surface area contributed by atoms with Gasteiger partial charge in [0, 0.05) is 13.0 Å². The zero-order valence-electron chi connectivity index (χ0n) is 14.5. The number of hydrogen-bond acceptors (Lipinski definition) is 3. The van der Waals surface area contributed by atoms with Crippen molar-refractivity contribution in [2.75, 3.05) is 13.7 Å². The molecular weight excluding hydrogens is 278 g/mol. The number of ether oxygens (including phenoxy) is 2. The van der Waals surface area contributed by atoms with E-state index in [0.717, 1.165) is 11.3 Å². The molecule has 0 unspecified atom stereocenters. The summed E-state index contributed by atoms with van der Waals surface area (Å²) in [6, 6.07) is 7.60. The lowest BCUT2D eigenvalue weighted by Gasteiger charge is -2.19. The van der Waals surface area contributed by atoms with Gasteiger partial charge in [0.1, 0.15) is 11.4 Å². The Hall–Kier alpha value is -2.41. The van der Waals surface area contributed by atoms with Gasteiger partial charge >= 0.3 is 6.09 Å². The normalized spacial score (nSPS) is 11.8. The van der Waals surface area contributed by atoms with Crippen molar-refractivity contribution in [3.05, 3.63) is 35.9 Å². The van der Waals surface area contributed by atoms with Gasteiger partial charge in [0.2, 0.25) is 0 Å². The average Bonchev–Trinajstić information content (AvgIpc) is 2.46. The Bertz CT molecular complexity index is 604. The highest BCUT2D eigenvalue weighted by atomic mass is 16.6. The van der Waals surface area contributed by atoms with Gasteiger partial charge in [0.15, 0.2) is 0 Å². The van der Waals surface area contributed by atoms with Gasteiger partial charge in [-0.2, -0.15) is 0 Å². The van der Waals surface area contributed by atoms with Gasteiger partial charge in [0.25, 0.3) is 0 Å². The third-order valence-electron chi connectivity index (χ3n) is 2.43. The molecular formula is C18H23NO3. The molecule has 0 saturated heterocycles. The smallest absolute Gasteiger partial charge is 0.407 e. The fraction of sp³-hybridized carbons (Fsp3) is 0.389. The van der Waals surface area contributed by atoms with Crippen molar-refractivity contribution in [2.45, 2.75) is 32.8 Å². The summed E-state index contributed by atoms with van der Waals surface area (Å²) < 4.78 is 18.0. The van der Waals surface area contributed by atoms with E-state index in [-0.39, 0.29) is 6.05 Å². The Balaban J connectivity index is 2.40. The average molecular weight is 302 g/mol. The molecule has 0 atom stereocenters. The molecule has 1 amide bonds. The lowest BCUT2D eigenvalue weighted by molar-refractivity contribution is 0.0529. The lowest BCUT2D eigenvalue weighted by Crippen LogP contribution is -2.32. The fourth-order valence-electron chi connectivity index (χ4n) is 1.47. The van der Waals surface area contributed by atoms with Crippen LogP contribution in [0.2, 0.25) is 0 Å². The third-order valence-corrected chi connectivity index (χ3v) is 2.43. The predicted molar refractivity (Wildman–Crippen MR) is 88.7 cm³/mol. The van der Waals surface area contributed by atoms with Crippen LogP contribution in [0.4, 0.5) is 4.79 Å². The molecule has 4 nitrogen and oxygen atoms in total. The molecule has 0 bridgehead atoms. The Labute approximate surface area is 133 Å². The topological polar surface area (TPSA) is 47.6 Å². The van der Waals surface area contributed by atoms with E-state index in [9.17, 15) is 4.79 Å². The highest BCUT2D eigenvalue weighted by Crippen LogP contribution is 2.12. The van der Waals surface area contributed by atoms with E-state index in [1.807, 2.05) is 45.0 Å². The van der Waals surface area contributed by atoms with E-state index < -0.39 is 11.7 Å². The summed E-state index contributed by atoms with van der Waals surface area (Å²) in [5.41, 5.74) is 0.377. The molecule has 0 spiro atoms. The summed E-state index contributed by atoms with van der Waals surface area (Å²) in [5.74, 6) is 6.35. The summed E-state index contributed by atoms with van der Waals surface area (Å²) in [7, 11) is 1.61. The van der Waals surface area contributed by atoms with E-state index in [2.05, 4.69) is 17.2 Å². The first-order valence-electron chi connectivity index (χ1n) is 7.58. The van der Waals surface area contributed by atoms with Crippen LogP contribution in [0.5, 0.6) is 5.75 Å². The van der Waals surface area contributed by atoms with Crippen LogP contribution in [-0.2, 0) is 4.74 Å². The number of nitrogens with one attached hydrogen (secondary N) is 1. The summed E-state index contributed by atoms with van der Waals surface area (Å²) >= 11 is 0. The zero-order chi connectivity index (χ0) is 17.3. The minimum absolute atomic E-state index is 0.215. The SMILES string of the molecule is [2H]C(C#CCCNC(=O)OC(C)(C)C)=Cc1ccc(OC)cc1. The van der Waals surface area contributed by atoms with Gasteiger partial charge in [0.05, 0.1) is 8.48 Å². The van der Waals surface area contributed by atoms with Gasteiger partial charge in [-0.05, 0) is 50.6 Å². The lowest BCUT2D eigenvalue weighted by atomic mass is 10.2. The van der Waals surface area contributed by atoms with Gasteiger partial charge in [-0.15, -0.1) is 0 Å². The standard InChI is InChI=1S/C18H23NO3/c1-18(2,3)22-17(20)19-14-8-6-5-7-9-15-10-12-16(21-4)13-11-15/h7,9-13H,8,14H2,1-4H3,(H,19,20)/i7D. The van der Waals surface area contributed by atoms with Crippen LogP contribution in [0.1, 0.15) is 34.1 Å². The summed E-state index contributed by atoms with van der Waals surface area (Å²) in [4.78, 5) is 11.4. The quantitative estimate of drug-likeness (QED) is 0.682. The molecule has 0 saturated carbocycles. The zero-order valence-corrected chi connectivity index (χ0v) is 13.5. The molecule has 0 radical (unpaired) electrons. The van der Waals surface area contributed by atoms with E-state index in [4.69, 9.17) is 10.8 Å². The van der Waals surface area contributed by atoms with Crippen LogP contribution in [0, 0.1) is 11.8 Å². The van der Waals surface area contributed by atoms with E-state index in [0.29, 0.717) is 13.0 Å². The molecule has 1 rings (SSSR count). The number of rotatable bonds is 4. The predicted octanol–water partition coefficient (Wildman–Crippen LogP) is 3.63. The number of hydrogen-bond donors (Lipinski definition) is 1. The van der Waals surface area contributed by atoms with Crippen molar-refractivity contribution in [3.63, 3.8) is 0 Å². The maximum Gasteiger partial charge on any atom is 0.407 e.